The lowest BCUT2D eigenvalue weighted by atomic mass is 10.1. The molecular weight excluding hydrogens is 252 g/mol. The molecule has 0 saturated heterocycles. The number of rotatable bonds is 4. The quantitative estimate of drug-likeness (QED) is 0.924. The highest BCUT2D eigenvalue weighted by Crippen LogP contribution is 2.18. The number of nitrogens with two attached hydrogens (primary N) is 1. The van der Waals surface area contributed by atoms with E-state index in [1.54, 1.807) is 0 Å². The van der Waals surface area contributed by atoms with Crippen molar-refractivity contribution in [1.82, 2.24) is 10.1 Å². The Balaban J connectivity index is 2.15. The maximum Gasteiger partial charge on any atom is 0.243 e. The van der Waals surface area contributed by atoms with Gasteiger partial charge in [-0.2, -0.15) is 4.98 Å². The fourth-order valence-electron chi connectivity index (χ4n) is 1.66. The Hall–Kier alpha value is -1.82. The fourth-order valence-corrected chi connectivity index (χ4v) is 1.66. The number of halogens is 2. The SMILES string of the molecule is CC(C)[C@@H](N)c1nc(Cc2cc(F)cc(F)c2)no1. The molecule has 1 heterocycles. The van der Waals surface area contributed by atoms with Gasteiger partial charge in [-0.25, -0.2) is 8.78 Å². The van der Waals surface area contributed by atoms with Crippen LogP contribution in [0.3, 0.4) is 0 Å². The van der Waals surface area contributed by atoms with Crippen molar-refractivity contribution in [3.05, 3.63) is 47.1 Å². The topological polar surface area (TPSA) is 64.9 Å². The molecule has 2 N–H and O–H groups in total. The zero-order valence-corrected chi connectivity index (χ0v) is 10.7. The van der Waals surface area contributed by atoms with Gasteiger partial charge in [-0.1, -0.05) is 19.0 Å². The maximum atomic E-state index is 13.0. The van der Waals surface area contributed by atoms with Crippen LogP contribution in [0, 0.1) is 17.6 Å². The maximum absolute atomic E-state index is 13.0. The average Bonchev–Trinajstić information content (AvgIpc) is 2.74. The lowest BCUT2D eigenvalue weighted by molar-refractivity contribution is 0.322. The normalized spacial score (nSPS) is 12.9. The number of hydrogen-bond acceptors (Lipinski definition) is 4. The first-order chi connectivity index (χ1) is 8.95. The van der Waals surface area contributed by atoms with Gasteiger partial charge in [0.1, 0.15) is 11.6 Å². The summed E-state index contributed by atoms with van der Waals surface area (Å²) in [6.45, 7) is 3.88. The molecule has 6 heteroatoms. The monoisotopic (exact) mass is 267 g/mol. The van der Waals surface area contributed by atoms with E-state index in [-0.39, 0.29) is 18.4 Å². The van der Waals surface area contributed by atoms with Gasteiger partial charge in [0.25, 0.3) is 0 Å². The Morgan fingerprint density at radius 3 is 2.42 bits per heavy atom. The van der Waals surface area contributed by atoms with Gasteiger partial charge in [-0.3, -0.25) is 0 Å². The van der Waals surface area contributed by atoms with Gasteiger partial charge in [-0.05, 0) is 23.6 Å². The molecule has 0 saturated carbocycles. The number of nitrogens with zero attached hydrogens (tertiary/aromatic N) is 2. The van der Waals surface area contributed by atoms with E-state index in [1.165, 1.54) is 12.1 Å². The Kier molecular flexibility index (Phi) is 3.90. The fraction of sp³-hybridized carbons (Fsp3) is 0.385. The molecule has 0 aliphatic carbocycles. The smallest absolute Gasteiger partial charge is 0.243 e. The van der Waals surface area contributed by atoms with Crippen molar-refractivity contribution < 1.29 is 13.3 Å². The van der Waals surface area contributed by atoms with E-state index in [2.05, 4.69) is 10.1 Å². The first-order valence-electron chi connectivity index (χ1n) is 5.98. The molecule has 0 spiro atoms. The van der Waals surface area contributed by atoms with Crippen LogP contribution in [0.4, 0.5) is 8.78 Å². The summed E-state index contributed by atoms with van der Waals surface area (Å²) in [5.74, 6) is -0.395. The van der Waals surface area contributed by atoms with Crippen LogP contribution in [-0.2, 0) is 6.42 Å². The van der Waals surface area contributed by atoms with E-state index in [9.17, 15) is 8.78 Å². The van der Waals surface area contributed by atoms with Crippen molar-refractivity contribution in [3.63, 3.8) is 0 Å². The highest BCUT2D eigenvalue weighted by Gasteiger charge is 2.18. The van der Waals surface area contributed by atoms with Gasteiger partial charge < -0.3 is 10.3 Å². The Morgan fingerprint density at radius 2 is 1.84 bits per heavy atom. The minimum atomic E-state index is -0.627. The standard InChI is InChI=1S/C13H15F2N3O/c1-7(2)12(16)13-17-11(18-19-13)5-8-3-9(14)6-10(15)4-8/h3-4,6-7,12H,5,16H2,1-2H3/t12-/m1/s1. The predicted molar refractivity (Wildman–Crippen MR) is 65.2 cm³/mol. The first kappa shape index (κ1) is 13.6. The largest absolute Gasteiger partial charge is 0.338 e. The second kappa shape index (κ2) is 5.44. The zero-order chi connectivity index (χ0) is 14.0. The van der Waals surface area contributed by atoms with Crippen LogP contribution >= 0.6 is 0 Å². The molecule has 0 unspecified atom stereocenters. The minimum Gasteiger partial charge on any atom is -0.338 e. The highest BCUT2D eigenvalue weighted by molar-refractivity contribution is 5.21. The molecule has 1 aromatic heterocycles. The third-order valence-electron chi connectivity index (χ3n) is 2.77. The van der Waals surface area contributed by atoms with Crippen LogP contribution in [0.25, 0.3) is 0 Å². The summed E-state index contributed by atoms with van der Waals surface area (Å²) in [6, 6.07) is 2.95. The summed E-state index contributed by atoms with van der Waals surface area (Å²) in [5.41, 5.74) is 6.32. The molecule has 2 aromatic rings. The Labute approximate surface area is 109 Å². The van der Waals surface area contributed by atoms with Crippen LogP contribution in [0.2, 0.25) is 0 Å². The van der Waals surface area contributed by atoms with Crippen molar-refractivity contribution in [2.75, 3.05) is 0 Å². The van der Waals surface area contributed by atoms with Crippen LogP contribution in [-0.4, -0.2) is 10.1 Å². The number of aromatic nitrogens is 2. The predicted octanol–water partition coefficient (Wildman–Crippen LogP) is 2.59. The molecule has 1 atom stereocenters. The molecule has 0 amide bonds. The Morgan fingerprint density at radius 1 is 1.21 bits per heavy atom. The van der Waals surface area contributed by atoms with E-state index in [1.807, 2.05) is 13.8 Å². The van der Waals surface area contributed by atoms with Crippen LogP contribution in [0.1, 0.15) is 37.2 Å². The summed E-state index contributed by atoms with van der Waals surface area (Å²) in [4.78, 5) is 4.14. The molecular formula is C13H15F2N3O. The highest BCUT2D eigenvalue weighted by atomic mass is 19.1. The van der Waals surface area contributed by atoms with Crippen molar-refractivity contribution >= 4 is 0 Å². The van der Waals surface area contributed by atoms with Gasteiger partial charge in [-0.15, -0.1) is 0 Å². The van der Waals surface area contributed by atoms with E-state index < -0.39 is 11.6 Å². The molecule has 2 rings (SSSR count). The number of hydrogen-bond donors (Lipinski definition) is 1. The average molecular weight is 267 g/mol. The van der Waals surface area contributed by atoms with Crippen molar-refractivity contribution in [3.8, 4) is 0 Å². The third kappa shape index (κ3) is 3.35. The molecule has 4 nitrogen and oxygen atoms in total. The van der Waals surface area contributed by atoms with Gasteiger partial charge in [0.15, 0.2) is 5.82 Å². The lowest BCUT2D eigenvalue weighted by Gasteiger charge is -2.09. The van der Waals surface area contributed by atoms with Gasteiger partial charge in [0, 0.05) is 12.5 Å². The summed E-state index contributed by atoms with van der Waals surface area (Å²) >= 11 is 0. The van der Waals surface area contributed by atoms with E-state index in [0.717, 1.165) is 6.07 Å². The molecule has 0 bridgehead atoms. The zero-order valence-electron chi connectivity index (χ0n) is 10.7. The summed E-state index contributed by atoms with van der Waals surface area (Å²) in [7, 11) is 0. The first-order valence-corrected chi connectivity index (χ1v) is 5.98. The summed E-state index contributed by atoms with van der Waals surface area (Å²) < 4.78 is 31.1. The molecule has 19 heavy (non-hydrogen) atoms. The second-order valence-electron chi connectivity index (χ2n) is 4.77. The molecule has 0 fully saturated rings. The van der Waals surface area contributed by atoms with E-state index in [0.29, 0.717) is 17.3 Å². The Bertz CT molecular complexity index is 549. The van der Waals surface area contributed by atoms with Gasteiger partial charge in [0.2, 0.25) is 5.89 Å². The van der Waals surface area contributed by atoms with E-state index in [4.69, 9.17) is 10.3 Å². The molecule has 1 aromatic carbocycles. The van der Waals surface area contributed by atoms with Gasteiger partial charge >= 0.3 is 0 Å². The van der Waals surface area contributed by atoms with Crippen molar-refractivity contribution in [1.29, 1.82) is 0 Å². The van der Waals surface area contributed by atoms with Crippen LogP contribution < -0.4 is 5.73 Å². The minimum absolute atomic E-state index is 0.167. The lowest BCUT2D eigenvalue weighted by Crippen LogP contribution is -2.17. The summed E-state index contributed by atoms with van der Waals surface area (Å²) in [5, 5.41) is 3.76. The molecule has 0 aliphatic heterocycles. The van der Waals surface area contributed by atoms with Crippen molar-refractivity contribution in [2.45, 2.75) is 26.3 Å². The number of benzene rings is 1. The molecule has 102 valence electrons. The molecule has 0 radical (unpaired) electrons. The second-order valence-corrected chi connectivity index (χ2v) is 4.77. The summed E-state index contributed by atoms with van der Waals surface area (Å²) in [6.07, 6.45) is 0.197. The van der Waals surface area contributed by atoms with E-state index >= 15 is 0 Å². The van der Waals surface area contributed by atoms with Crippen molar-refractivity contribution in [2.24, 2.45) is 11.7 Å². The van der Waals surface area contributed by atoms with Crippen LogP contribution in [0.15, 0.2) is 22.7 Å². The third-order valence-corrected chi connectivity index (χ3v) is 2.77. The van der Waals surface area contributed by atoms with Gasteiger partial charge in [0.05, 0.1) is 6.04 Å². The molecule has 0 aliphatic rings. The van der Waals surface area contributed by atoms with Crippen LogP contribution in [0.5, 0.6) is 0 Å².